The third kappa shape index (κ3) is 3.30. The molecule has 0 heterocycles. The van der Waals surface area contributed by atoms with Crippen molar-refractivity contribution in [2.75, 3.05) is 13.7 Å². The van der Waals surface area contributed by atoms with Gasteiger partial charge in [-0.25, -0.2) is 9.79 Å². The molecule has 0 saturated carbocycles. The summed E-state index contributed by atoms with van der Waals surface area (Å²) < 4.78 is 4.54. The Balaban J connectivity index is 4.22. The molecule has 0 spiro atoms. The first-order chi connectivity index (χ1) is 5.63. The van der Waals surface area contributed by atoms with Crippen molar-refractivity contribution in [3.05, 3.63) is 0 Å². The normalized spacial score (nSPS) is 12.0. The van der Waals surface area contributed by atoms with E-state index in [4.69, 9.17) is 0 Å². The number of isocyanates is 1. The molecule has 0 fully saturated rings. The van der Waals surface area contributed by atoms with Crippen LogP contribution >= 0.6 is 0 Å². The lowest BCUT2D eigenvalue weighted by atomic mass is 9.96. The molecule has 0 radical (unpaired) electrons. The van der Waals surface area contributed by atoms with Crippen LogP contribution in [0.15, 0.2) is 4.99 Å². The lowest BCUT2D eigenvalue weighted by molar-refractivity contribution is -0.146. The summed E-state index contributed by atoms with van der Waals surface area (Å²) in [4.78, 5) is 24.2. The summed E-state index contributed by atoms with van der Waals surface area (Å²) >= 11 is 0. The highest BCUT2D eigenvalue weighted by Gasteiger charge is 2.22. The molecule has 0 aliphatic carbocycles. The second kappa shape index (κ2) is 5.49. The highest BCUT2D eigenvalue weighted by atomic mass is 16.5. The molecular formula is C8H13NO3. The molecule has 0 amide bonds. The molecule has 0 N–H and O–H groups in total. The van der Waals surface area contributed by atoms with Crippen molar-refractivity contribution in [3.8, 4) is 0 Å². The lowest BCUT2D eigenvalue weighted by Gasteiger charge is -2.14. The zero-order chi connectivity index (χ0) is 9.56. The van der Waals surface area contributed by atoms with Crippen LogP contribution < -0.4 is 0 Å². The molecule has 0 rings (SSSR count). The summed E-state index contributed by atoms with van der Waals surface area (Å²) in [6.07, 6.45) is 1.40. The minimum absolute atomic E-state index is 0.120. The van der Waals surface area contributed by atoms with Gasteiger partial charge in [-0.1, -0.05) is 13.8 Å². The average molecular weight is 171 g/mol. The van der Waals surface area contributed by atoms with Gasteiger partial charge in [0.25, 0.3) is 0 Å². The maximum absolute atomic E-state index is 11.0. The Morgan fingerprint density at radius 1 is 1.58 bits per heavy atom. The van der Waals surface area contributed by atoms with Gasteiger partial charge in [0, 0.05) is 0 Å². The first-order valence-corrected chi connectivity index (χ1v) is 3.75. The van der Waals surface area contributed by atoms with E-state index in [-0.39, 0.29) is 24.3 Å². The van der Waals surface area contributed by atoms with E-state index in [0.29, 0.717) is 0 Å². The Morgan fingerprint density at radius 2 is 2.17 bits per heavy atom. The van der Waals surface area contributed by atoms with Crippen LogP contribution in [-0.4, -0.2) is 25.7 Å². The summed E-state index contributed by atoms with van der Waals surface area (Å²) in [5, 5.41) is 0. The van der Waals surface area contributed by atoms with Gasteiger partial charge in [-0.05, 0) is 5.92 Å². The number of rotatable bonds is 4. The number of nitrogens with zero attached hydrogens (tertiary/aromatic N) is 1. The van der Waals surface area contributed by atoms with Gasteiger partial charge in [-0.2, -0.15) is 0 Å². The maximum atomic E-state index is 11.0. The number of hydrogen-bond acceptors (Lipinski definition) is 4. The summed E-state index contributed by atoms with van der Waals surface area (Å²) in [5.41, 5.74) is 0. The van der Waals surface area contributed by atoms with Gasteiger partial charge in [0.05, 0.1) is 19.6 Å². The van der Waals surface area contributed by atoms with Crippen LogP contribution in [0.2, 0.25) is 0 Å². The average Bonchev–Trinajstić information content (AvgIpc) is 2.04. The van der Waals surface area contributed by atoms with E-state index in [1.807, 2.05) is 13.8 Å². The van der Waals surface area contributed by atoms with Crippen molar-refractivity contribution >= 4 is 12.0 Å². The molecule has 0 unspecified atom stereocenters. The van der Waals surface area contributed by atoms with Gasteiger partial charge >= 0.3 is 5.97 Å². The predicted molar refractivity (Wildman–Crippen MR) is 43.3 cm³/mol. The Bertz CT molecular complexity index is 194. The quantitative estimate of drug-likeness (QED) is 0.356. The molecule has 0 aliphatic rings. The van der Waals surface area contributed by atoms with Crippen molar-refractivity contribution in [2.45, 2.75) is 13.8 Å². The van der Waals surface area contributed by atoms with Crippen LogP contribution in [0.1, 0.15) is 13.8 Å². The topological polar surface area (TPSA) is 55.7 Å². The van der Waals surface area contributed by atoms with Crippen LogP contribution in [0.4, 0.5) is 0 Å². The van der Waals surface area contributed by atoms with Crippen LogP contribution in [0.5, 0.6) is 0 Å². The smallest absolute Gasteiger partial charge is 0.310 e. The number of methoxy groups -OCH3 is 1. The van der Waals surface area contributed by atoms with Gasteiger partial charge in [0.15, 0.2) is 0 Å². The predicted octanol–water partition coefficient (Wildman–Crippen LogP) is 0.767. The van der Waals surface area contributed by atoms with Gasteiger partial charge in [0.1, 0.15) is 0 Å². The van der Waals surface area contributed by atoms with E-state index in [1.165, 1.54) is 13.2 Å². The zero-order valence-corrected chi connectivity index (χ0v) is 7.53. The highest BCUT2D eigenvalue weighted by Crippen LogP contribution is 2.12. The Kier molecular flexibility index (Phi) is 4.97. The monoisotopic (exact) mass is 171 g/mol. The largest absolute Gasteiger partial charge is 0.469 e. The van der Waals surface area contributed by atoms with Gasteiger partial charge in [0.2, 0.25) is 6.08 Å². The number of carbonyl (C=O) groups is 1. The van der Waals surface area contributed by atoms with E-state index in [1.54, 1.807) is 0 Å². The van der Waals surface area contributed by atoms with Crippen molar-refractivity contribution in [2.24, 2.45) is 16.8 Å². The Morgan fingerprint density at radius 3 is 2.50 bits per heavy atom. The highest BCUT2D eigenvalue weighted by molar-refractivity contribution is 5.72. The lowest BCUT2D eigenvalue weighted by Crippen LogP contribution is -2.24. The van der Waals surface area contributed by atoms with Gasteiger partial charge in [-0.15, -0.1) is 0 Å². The number of aliphatic imine (C=N–C) groups is 1. The number of esters is 1. The molecule has 0 bridgehead atoms. The van der Waals surface area contributed by atoms with E-state index in [2.05, 4.69) is 9.73 Å². The molecule has 4 nitrogen and oxygen atoms in total. The number of hydrogen-bond donors (Lipinski definition) is 0. The SMILES string of the molecule is COC(=O)[C@@H](CN=C=O)C(C)C. The van der Waals surface area contributed by atoms with Gasteiger partial charge < -0.3 is 4.74 Å². The molecule has 1 atom stereocenters. The molecular weight excluding hydrogens is 158 g/mol. The Labute approximate surface area is 71.6 Å². The van der Waals surface area contributed by atoms with Crippen LogP contribution in [0.25, 0.3) is 0 Å². The van der Waals surface area contributed by atoms with Crippen LogP contribution in [-0.2, 0) is 14.3 Å². The number of ether oxygens (including phenoxy) is 1. The molecule has 0 aromatic carbocycles. The fourth-order valence-electron chi connectivity index (χ4n) is 0.845. The molecule has 68 valence electrons. The summed E-state index contributed by atoms with van der Waals surface area (Å²) in [5.74, 6) is -0.546. The third-order valence-electron chi connectivity index (χ3n) is 1.66. The van der Waals surface area contributed by atoms with E-state index in [9.17, 15) is 9.59 Å². The van der Waals surface area contributed by atoms with Crippen molar-refractivity contribution in [1.82, 2.24) is 0 Å². The van der Waals surface area contributed by atoms with E-state index >= 15 is 0 Å². The van der Waals surface area contributed by atoms with E-state index in [0.717, 1.165) is 0 Å². The van der Waals surface area contributed by atoms with Crippen molar-refractivity contribution in [1.29, 1.82) is 0 Å². The molecule has 0 aliphatic heterocycles. The second-order valence-electron chi connectivity index (χ2n) is 2.81. The molecule has 0 aromatic heterocycles. The minimum atomic E-state index is -0.337. The third-order valence-corrected chi connectivity index (χ3v) is 1.66. The van der Waals surface area contributed by atoms with Crippen LogP contribution in [0.3, 0.4) is 0 Å². The molecule has 12 heavy (non-hydrogen) atoms. The summed E-state index contributed by atoms with van der Waals surface area (Å²) in [6.45, 7) is 3.91. The molecule has 0 aromatic rings. The standard InChI is InChI=1S/C8H13NO3/c1-6(2)7(4-9-5-10)8(11)12-3/h6-7H,4H2,1-3H3/t7-/m0/s1. The molecule has 4 heteroatoms. The second-order valence-corrected chi connectivity index (χ2v) is 2.81. The van der Waals surface area contributed by atoms with Gasteiger partial charge in [-0.3, -0.25) is 4.79 Å². The molecule has 0 saturated heterocycles. The van der Waals surface area contributed by atoms with Crippen molar-refractivity contribution in [3.63, 3.8) is 0 Å². The zero-order valence-electron chi connectivity index (χ0n) is 7.53. The van der Waals surface area contributed by atoms with Crippen LogP contribution in [0, 0.1) is 11.8 Å². The fourth-order valence-corrected chi connectivity index (χ4v) is 0.845. The Hall–Kier alpha value is -1.15. The summed E-state index contributed by atoms with van der Waals surface area (Å²) in [6, 6.07) is 0. The first kappa shape index (κ1) is 10.8. The van der Waals surface area contributed by atoms with Crippen molar-refractivity contribution < 1.29 is 14.3 Å². The first-order valence-electron chi connectivity index (χ1n) is 3.75. The maximum Gasteiger partial charge on any atom is 0.310 e. The number of carbonyl (C=O) groups excluding carboxylic acids is 2. The van der Waals surface area contributed by atoms with E-state index < -0.39 is 0 Å². The fraction of sp³-hybridized carbons (Fsp3) is 0.750. The minimum Gasteiger partial charge on any atom is -0.469 e. The summed E-state index contributed by atoms with van der Waals surface area (Å²) in [7, 11) is 1.32.